The third-order valence-corrected chi connectivity index (χ3v) is 7.44. The van der Waals surface area contributed by atoms with E-state index in [4.69, 9.17) is 4.74 Å². The molecule has 3 aliphatic rings. The van der Waals surface area contributed by atoms with Gasteiger partial charge < -0.3 is 9.64 Å². The first kappa shape index (κ1) is 23.5. The van der Waals surface area contributed by atoms with Gasteiger partial charge >= 0.3 is 0 Å². The smallest absolute Gasteiger partial charge is 0.266 e. The number of imide groups is 1. The Balaban J connectivity index is 1.24. The van der Waals surface area contributed by atoms with Gasteiger partial charge in [0, 0.05) is 38.3 Å². The van der Waals surface area contributed by atoms with Crippen LogP contribution in [0.4, 0.5) is 5.69 Å². The maximum Gasteiger partial charge on any atom is 0.266 e. The van der Waals surface area contributed by atoms with Crippen molar-refractivity contribution < 1.29 is 19.1 Å². The van der Waals surface area contributed by atoms with Gasteiger partial charge in [0.15, 0.2) is 0 Å². The van der Waals surface area contributed by atoms with E-state index in [2.05, 4.69) is 4.90 Å². The lowest BCUT2D eigenvalue weighted by molar-refractivity contribution is 0.0606. The first-order valence-electron chi connectivity index (χ1n) is 12.8. The Morgan fingerprint density at radius 1 is 0.886 bits per heavy atom. The normalized spacial score (nSPS) is 19.2. The van der Waals surface area contributed by atoms with Crippen molar-refractivity contribution in [1.29, 1.82) is 0 Å². The lowest BCUT2D eigenvalue weighted by atomic mass is 9.89. The number of fused-ring (bicyclic) bond motifs is 1. The summed E-state index contributed by atoms with van der Waals surface area (Å²) in [5, 5.41) is 0. The van der Waals surface area contributed by atoms with Crippen molar-refractivity contribution >= 4 is 23.4 Å². The first-order chi connectivity index (χ1) is 17.0. The molecule has 0 aromatic heterocycles. The van der Waals surface area contributed by atoms with Crippen molar-refractivity contribution in [2.75, 3.05) is 44.2 Å². The molecule has 0 unspecified atom stereocenters. The Morgan fingerprint density at radius 2 is 1.57 bits per heavy atom. The number of hydrogen-bond donors (Lipinski definition) is 0. The molecule has 0 atom stereocenters. The summed E-state index contributed by atoms with van der Waals surface area (Å²) in [6, 6.07) is 11.7. The SMILES string of the molecule is CCOc1ccc(N2C(=O)c3ccc(C(=O)N4CCN(CC5CCCCC5)CC4)cc3C2=O)cc1. The summed E-state index contributed by atoms with van der Waals surface area (Å²) in [4.78, 5) is 44.9. The van der Waals surface area contributed by atoms with Gasteiger partial charge in [-0.3, -0.25) is 19.3 Å². The quantitative estimate of drug-likeness (QED) is 0.585. The van der Waals surface area contributed by atoms with E-state index in [-0.39, 0.29) is 17.4 Å². The van der Waals surface area contributed by atoms with Gasteiger partial charge in [-0.1, -0.05) is 19.3 Å². The lowest BCUT2D eigenvalue weighted by Gasteiger charge is -2.37. The van der Waals surface area contributed by atoms with Crippen molar-refractivity contribution in [3.8, 4) is 5.75 Å². The van der Waals surface area contributed by atoms with Gasteiger partial charge in [0.05, 0.1) is 23.4 Å². The highest BCUT2D eigenvalue weighted by molar-refractivity contribution is 6.34. The Morgan fingerprint density at radius 3 is 2.26 bits per heavy atom. The van der Waals surface area contributed by atoms with Crippen LogP contribution in [0.15, 0.2) is 42.5 Å². The summed E-state index contributed by atoms with van der Waals surface area (Å²) in [5.41, 5.74) is 1.56. The van der Waals surface area contributed by atoms with E-state index in [1.165, 1.54) is 37.0 Å². The second-order valence-electron chi connectivity index (χ2n) is 9.73. The molecule has 3 amide bonds. The van der Waals surface area contributed by atoms with Crippen LogP contribution in [-0.4, -0.2) is 66.9 Å². The van der Waals surface area contributed by atoms with Crippen LogP contribution < -0.4 is 9.64 Å². The molecule has 1 saturated heterocycles. The highest BCUT2D eigenvalue weighted by Gasteiger charge is 2.37. The summed E-state index contributed by atoms with van der Waals surface area (Å²) in [7, 11) is 0. The van der Waals surface area contributed by atoms with Crippen LogP contribution in [0.2, 0.25) is 0 Å². The molecule has 5 rings (SSSR count). The number of nitrogens with zero attached hydrogens (tertiary/aromatic N) is 3. The van der Waals surface area contributed by atoms with Crippen molar-refractivity contribution in [2.45, 2.75) is 39.0 Å². The minimum absolute atomic E-state index is 0.0788. The molecule has 1 aliphatic carbocycles. The molecular formula is C28H33N3O4. The largest absolute Gasteiger partial charge is 0.494 e. The van der Waals surface area contributed by atoms with Gasteiger partial charge in [0.25, 0.3) is 17.7 Å². The highest BCUT2D eigenvalue weighted by atomic mass is 16.5. The zero-order chi connectivity index (χ0) is 24.4. The van der Waals surface area contributed by atoms with E-state index in [0.29, 0.717) is 42.3 Å². The number of ether oxygens (including phenoxy) is 1. The summed E-state index contributed by atoms with van der Waals surface area (Å²) >= 11 is 0. The molecule has 0 radical (unpaired) electrons. The number of benzene rings is 2. The third-order valence-electron chi connectivity index (χ3n) is 7.44. The fourth-order valence-corrected chi connectivity index (χ4v) is 5.52. The molecule has 7 nitrogen and oxygen atoms in total. The standard InChI is InChI=1S/C28H33N3O4/c1-2-35-23-11-9-22(10-12-23)31-27(33)24-13-8-21(18-25(24)28(31)34)26(32)30-16-14-29(15-17-30)19-20-6-4-3-5-7-20/h8-13,18,20H,2-7,14-17,19H2,1H3. The van der Waals surface area contributed by atoms with Crippen molar-refractivity contribution in [3.63, 3.8) is 0 Å². The predicted molar refractivity (Wildman–Crippen MR) is 134 cm³/mol. The van der Waals surface area contributed by atoms with Gasteiger partial charge in [-0.05, 0) is 68.1 Å². The topological polar surface area (TPSA) is 70.2 Å². The van der Waals surface area contributed by atoms with E-state index in [1.807, 2.05) is 11.8 Å². The van der Waals surface area contributed by atoms with Gasteiger partial charge in [-0.25, -0.2) is 4.90 Å². The second-order valence-corrected chi connectivity index (χ2v) is 9.73. The van der Waals surface area contributed by atoms with E-state index in [1.54, 1.807) is 42.5 Å². The van der Waals surface area contributed by atoms with E-state index < -0.39 is 5.91 Å². The van der Waals surface area contributed by atoms with Crippen LogP contribution in [0.1, 0.15) is 70.1 Å². The summed E-state index contributed by atoms with van der Waals surface area (Å²) < 4.78 is 5.45. The molecule has 7 heteroatoms. The summed E-state index contributed by atoms with van der Waals surface area (Å²) in [5.74, 6) is 0.625. The van der Waals surface area contributed by atoms with E-state index >= 15 is 0 Å². The molecule has 0 N–H and O–H groups in total. The van der Waals surface area contributed by atoms with Crippen LogP contribution >= 0.6 is 0 Å². The van der Waals surface area contributed by atoms with Gasteiger partial charge in [-0.2, -0.15) is 0 Å². The van der Waals surface area contributed by atoms with Crippen LogP contribution in [0.5, 0.6) is 5.75 Å². The maximum atomic E-state index is 13.2. The van der Waals surface area contributed by atoms with Crippen molar-refractivity contribution in [3.05, 3.63) is 59.2 Å². The number of anilines is 1. The maximum absolute atomic E-state index is 13.2. The Labute approximate surface area is 206 Å². The van der Waals surface area contributed by atoms with E-state index in [9.17, 15) is 14.4 Å². The zero-order valence-corrected chi connectivity index (χ0v) is 20.4. The minimum Gasteiger partial charge on any atom is -0.494 e. The molecule has 2 heterocycles. The lowest BCUT2D eigenvalue weighted by Crippen LogP contribution is -2.49. The van der Waals surface area contributed by atoms with E-state index in [0.717, 1.165) is 25.6 Å². The fourth-order valence-electron chi connectivity index (χ4n) is 5.52. The Kier molecular flexibility index (Phi) is 6.86. The predicted octanol–water partition coefficient (Wildman–Crippen LogP) is 4.22. The number of amides is 3. The molecule has 2 fully saturated rings. The Hall–Kier alpha value is -3.19. The first-order valence-corrected chi connectivity index (χ1v) is 12.8. The van der Waals surface area contributed by atoms with Crippen LogP contribution in [0.3, 0.4) is 0 Å². The molecule has 0 bridgehead atoms. The van der Waals surface area contributed by atoms with Crippen LogP contribution in [0.25, 0.3) is 0 Å². The molecule has 1 saturated carbocycles. The monoisotopic (exact) mass is 475 g/mol. The average molecular weight is 476 g/mol. The molecule has 184 valence electrons. The number of hydrogen-bond acceptors (Lipinski definition) is 5. The molecular weight excluding hydrogens is 442 g/mol. The van der Waals surface area contributed by atoms with Gasteiger partial charge in [0.1, 0.15) is 5.75 Å². The molecule has 2 aliphatic heterocycles. The van der Waals surface area contributed by atoms with Crippen LogP contribution in [-0.2, 0) is 0 Å². The summed E-state index contributed by atoms with van der Waals surface area (Å²) in [6.45, 7) is 6.72. The third kappa shape index (κ3) is 4.82. The molecule has 2 aromatic carbocycles. The van der Waals surface area contributed by atoms with Crippen molar-refractivity contribution in [1.82, 2.24) is 9.80 Å². The number of piperazine rings is 1. The number of rotatable bonds is 6. The van der Waals surface area contributed by atoms with Gasteiger partial charge in [0.2, 0.25) is 0 Å². The molecule has 35 heavy (non-hydrogen) atoms. The van der Waals surface area contributed by atoms with Gasteiger partial charge in [-0.15, -0.1) is 0 Å². The zero-order valence-electron chi connectivity index (χ0n) is 20.4. The average Bonchev–Trinajstić information content (AvgIpc) is 3.14. The Bertz CT molecular complexity index is 1100. The second kappa shape index (κ2) is 10.2. The number of carbonyl (C=O) groups is 3. The summed E-state index contributed by atoms with van der Waals surface area (Å²) in [6.07, 6.45) is 6.71. The molecule has 2 aromatic rings. The van der Waals surface area contributed by atoms with Crippen LogP contribution in [0, 0.1) is 5.92 Å². The minimum atomic E-state index is -0.402. The molecule has 0 spiro atoms. The van der Waals surface area contributed by atoms with Crippen molar-refractivity contribution in [2.24, 2.45) is 5.92 Å². The fraction of sp³-hybridized carbons (Fsp3) is 0.464. The highest BCUT2D eigenvalue weighted by Crippen LogP contribution is 2.31. The number of carbonyl (C=O) groups excluding carboxylic acids is 3.